The minimum absolute atomic E-state index is 0.0430. The summed E-state index contributed by atoms with van der Waals surface area (Å²) in [4.78, 5) is 0. The van der Waals surface area contributed by atoms with Gasteiger partial charge in [-0.15, -0.1) is 0 Å². The minimum Gasteiger partial charge on any atom is -0.0619 e. The molecule has 0 saturated carbocycles. The molecule has 2 aliphatic carbocycles. The highest BCUT2D eigenvalue weighted by Gasteiger charge is 2.38. The Labute approximate surface area is 340 Å². The average molecular weight is 739 g/mol. The summed E-state index contributed by atoms with van der Waals surface area (Å²) in [5, 5.41) is 10.4. The van der Waals surface area contributed by atoms with Crippen LogP contribution in [-0.2, 0) is 10.8 Å². The van der Waals surface area contributed by atoms with Crippen molar-refractivity contribution in [2.45, 2.75) is 38.5 Å². The molecule has 10 aromatic rings. The first kappa shape index (κ1) is 33.4. The maximum absolute atomic E-state index is 2.53. The van der Waals surface area contributed by atoms with Crippen molar-refractivity contribution in [1.29, 1.82) is 0 Å². The van der Waals surface area contributed by atoms with Gasteiger partial charge >= 0.3 is 0 Å². The zero-order valence-electron chi connectivity index (χ0n) is 33.3. The smallest absolute Gasteiger partial charge is 0.0159 e. The van der Waals surface area contributed by atoms with E-state index in [1.807, 2.05) is 0 Å². The van der Waals surface area contributed by atoms with Crippen LogP contribution in [0.15, 0.2) is 182 Å². The Bertz CT molecular complexity index is 3320. The Morgan fingerprint density at radius 1 is 0.259 bits per heavy atom. The molecule has 0 unspecified atom stereocenters. The molecule has 0 nitrogen and oxygen atoms in total. The molecule has 0 aromatic heterocycles. The zero-order valence-corrected chi connectivity index (χ0v) is 33.3. The maximum Gasteiger partial charge on any atom is 0.0159 e. The topological polar surface area (TPSA) is 0 Å². The van der Waals surface area contributed by atoms with Crippen LogP contribution in [0.3, 0.4) is 0 Å². The zero-order chi connectivity index (χ0) is 38.9. The Morgan fingerprint density at radius 3 is 1.41 bits per heavy atom. The summed E-state index contributed by atoms with van der Waals surface area (Å²) >= 11 is 0. The lowest BCUT2D eigenvalue weighted by atomic mass is 9.79. The number of benzene rings is 10. The Kier molecular flexibility index (Phi) is 6.84. The number of hydrogen-bond donors (Lipinski definition) is 0. The van der Waals surface area contributed by atoms with E-state index in [4.69, 9.17) is 0 Å². The predicted molar refractivity (Wildman–Crippen MR) is 248 cm³/mol. The number of fused-ring (bicyclic) bond motifs is 12. The van der Waals surface area contributed by atoms with E-state index in [-0.39, 0.29) is 10.8 Å². The third kappa shape index (κ3) is 4.46. The standard InChI is InChI=1S/C58H42/c1-57(2)50-31-30-38(33-48(50)55-39-16-6-5-15-36(39)29-32-51(55)57)35-25-27-37(28-26-35)53-42-19-9-11-21-44(42)54(45-22-12-10-20-43(45)53)47-34-52-56(41-18-8-7-17-40(41)47)46-23-13-14-24-49(46)58(52,3)4/h5-34H,1-4H3. The Morgan fingerprint density at radius 2 is 0.724 bits per heavy atom. The summed E-state index contributed by atoms with van der Waals surface area (Å²) in [6.07, 6.45) is 0. The normalized spacial score (nSPS) is 14.5. The lowest BCUT2D eigenvalue weighted by molar-refractivity contribution is 0.661. The molecule has 0 spiro atoms. The van der Waals surface area contributed by atoms with Crippen LogP contribution in [0.2, 0.25) is 0 Å². The molecule has 0 amide bonds. The Balaban J connectivity index is 1.04. The van der Waals surface area contributed by atoms with E-state index in [9.17, 15) is 0 Å². The first-order chi connectivity index (χ1) is 28.3. The van der Waals surface area contributed by atoms with Gasteiger partial charge in [0.05, 0.1) is 0 Å². The predicted octanol–water partition coefficient (Wildman–Crippen LogP) is 15.9. The molecule has 0 radical (unpaired) electrons. The third-order valence-electron chi connectivity index (χ3n) is 13.9. The van der Waals surface area contributed by atoms with Crippen LogP contribution in [-0.4, -0.2) is 0 Å². The summed E-state index contributed by atoms with van der Waals surface area (Å²) in [5.41, 5.74) is 18.6. The SMILES string of the molecule is CC1(C)c2ccc(-c3ccc(-c4c5ccccc5c(-c5cc6c(c7ccccc57)-c5ccccc5C6(C)C)c5ccccc45)cc3)cc2-c2c1ccc1ccccc21. The maximum atomic E-state index is 2.53. The number of hydrogen-bond acceptors (Lipinski definition) is 0. The average Bonchev–Trinajstić information content (AvgIpc) is 3.64. The molecule has 58 heavy (non-hydrogen) atoms. The molecular weight excluding hydrogens is 697 g/mol. The van der Waals surface area contributed by atoms with E-state index in [0.29, 0.717) is 0 Å². The third-order valence-corrected chi connectivity index (χ3v) is 13.9. The first-order valence-corrected chi connectivity index (χ1v) is 20.7. The minimum atomic E-state index is -0.107. The highest BCUT2D eigenvalue weighted by atomic mass is 14.4. The molecule has 2 aliphatic rings. The van der Waals surface area contributed by atoms with Gasteiger partial charge in [0.25, 0.3) is 0 Å². The lowest BCUT2D eigenvalue weighted by Crippen LogP contribution is -2.15. The van der Waals surface area contributed by atoms with E-state index < -0.39 is 0 Å². The summed E-state index contributed by atoms with van der Waals surface area (Å²) in [6.45, 7) is 9.52. The molecular formula is C58H42. The van der Waals surface area contributed by atoms with E-state index in [2.05, 4.69) is 210 Å². The van der Waals surface area contributed by atoms with Crippen molar-refractivity contribution in [2.24, 2.45) is 0 Å². The molecule has 0 heteroatoms. The molecule has 0 N–H and O–H groups in total. The van der Waals surface area contributed by atoms with Gasteiger partial charge in [0.15, 0.2) is 0 Å². The van der Waals surface area contributed by atoms with Crippen molar-refractivity contribution in [3.63, 3.8) is 0 Å². The van der Waals surface area contributed by atoms with E-state index in [1.54, 1.807) is 0 Å². The van der Waals surface area contributed by atoms with Gasteiger partial charge in [0, 0.05) is 10.8 Å². The molecule has 0 aliphatic heterocycles. The van der Waals surface area contributed by atoms with Gasteiger partial charge in [-0.1, -0.05) is 198 Å². The van der Waals surface area contributed by atoms with Crippen molar-refractivity contribution in [2.75, 3.05) is 0 Å². The molecule has 0 fully saturated rings. The second-order valence-electron chi connectivity index (χ2n) is 17.6. The van der Waals surface area contributed by atoms with Crippen LogP contribution in [0.1, 0.15) is 49.9 Å². The van der Waals surface area contributed by atoms with Gasteiger partial charge in [0.1, 0.15) is 0 Å². The summed E-state index contributed by atoms with van der Waals surface area (Å²) in [7, 11) is 0. The van der Waals surface area contributed by atoms with Crippen LogP contribution in [0, 0.1) is 0 Å². The van der Waals surface area contributed by atoms with Crippen LogP contribution in [0.5, 0.6) is 0 Å². The van der Waals surface area contributed by atoms with Crippen molar-refractivity contribution in [3.8, 4) is 55.6 Å². The fraction of sp³-hybridized carbons (Fsp3) is 0.103. The van der Waals surface area contributed by atoms with Gasteiger partial charge in [-0.05, 0) is 133 Å². The molecule has 12 rings (SSSR count). The lowest BCUT2D eigenvalue weighted by Gasteiger charge is -2.24. The summed E-state index contributed by atoms with van der Waals surface area (Å²) < 4.78 is 0. The van der Waals surface area contributed by atoms with Gasteiger partial charge in [-0.3, -0.25) is 0 Å². The second-order valence-corrected chi connectivity index (χ2v) is 17.6. The molecule has 0 atom stereocenters. The van der Waals surface area contributed by atoms with Gasteiger partial charge < -0.3 is 0 Å². The summed E-state index contributed by atoms with van der Waals surface area (Å²) in [6, 6.07) is 68.7. The first-order valence-electron chi connectivity index (χ1n) is 20.7. The fourth-order valence-electron chi connectivity index (χ4n) is 11.0. The van der Waals surface area contributed by atoms with E-state index in [0.717, 1.165) is 0 Å². The number of rotatable bonds is 3. The molecule has 0 saturated heterocycles. The summed E-state index contributed by atoms with van der Waals surface area (Å²) in [5.74, 6) is 0. The molecule has 274 valence electrons. The largest absolute Gasteiger partial charge is 0.0619 e. The fourth-order valence-corrected chi connectivity index (χ4v) is 11.0. The van der Waals surface area contributed by atoms with Crippen LogP contribution < -0.4 is 0 Å². The van der Waals surface area contributed by atoms with E-state index >= 15 is 0 Å². The molecule has 0 bridgehead atoms. The van der Waals surface area contributed by atoms with Crippen molar-refractivity contribution in [3.05, 3.63) is 204 Å². The van der Waals surface area contributed by atoms with Crippen molar-refractivity contribution >= 4 is 43.1 Å². The second kappa shape index (κ2) is 11.9. The Hall–Kier alpha value is -6.76. The quantitative estimate of drug-likeness (QED) is 0.158. The van der Waals surface area contributed by atoms with Gasteiger partial charge in [-0.25, -0.2) is 0 Å². The van der Waals surface area contributed by atoms with E-state index in [1.165, 1.54) is 121 Å². The molecule has 0 heterocycles. The monoisotopic (exact) mass is 738 g/mol. The molecule has 10 aromatic carbocycles. The van der Waals surface area contributed by atoms with Crippen molar-refractivity contribution in [1.82, 2.24) is 0 Å². The van der Waals surface area contributed by atoms with Crippen LogP contribution >= 0.6 is 0 Å². The van der Waals surface area contributed by atoms with Gasteiger partial charge in [0.2, 0.25) is 0 Å². The van der Waals surface area contributed by atoms with Gasteiger partial charge in [-0.2, -0.15) is 0 Å². The van der Waals surface area contributed by atoms with Crippen LogP contribution in [0.4, 0.5) is 0 Å². The van der Waals surface area contributed by atoms with Crippen molar-refractivity contribution < 1.29 is 0 Å². The highest BCUT2D eigenvalue weighted by Crippen LogP contribution is 2.55. The highest BCUT2D eigenvalue weighted by molar-refractivity contribution is 6.24. The van der Waals surface area contributed by atoms with Crippen LogP contribution in [0.25, 0.3) is 98.7 Å².